The predicted molar refractivity (Wildman–Crippen MR) is 69.2 cm³/mol. The summed E-state index contributed by atoms with van der Waals surface area (Å²) in [4.78, 5) is 12.5. The maximum Gasteiger partial charge on any atom is 2.00 e. The quantitative estimate of drug-likeness (QED) is 0.252. The van der Waals surface area contributed by atoms with Crippen LogP contribution in [0.2, 0.25) is 6.55 Å². The van der Waals surface area contributed by atoms with Gasteiger partial charge in [-0.15, -0.1) is 0 Å². The second-order valence-corrected chi connectivity index (χ2v) is 7.87. The van der Waals surface area contributed by atoms with Gasteiger partial charge in [0.2, 0.25) is 0 Å². The molecule has 12 heteroatoms. The smallest absolute Gasteiger partial charge is 1.00 e. The molecule has 0 aromatic heterocycles. The summed E-state index contributed by atoms with van der Waals surface area (Å²) in [7, 11) is -5.01. The molecule has 25 heavy (non-hydrogen) atoms. The van der Waals surface area contributed by atoms with Crippen molar-refractivity contribution in [1.82, 2.24) is 0 Å². The van der Waals surface area contributed by atoms with Gasteiger partial charge in [-0.1, -0.05) is 6.55 Å². The summed E-state index contributed by atoms with van der Waals surface area (Å²) in [5.74, 6) is -17.1. The van der Waals surface area contributed by atoms with Gasteiger partial charge in [0, 0.05) is 8.32 Å². The van der Waals surface area contributed by atoms with Crippen molar-refractivity contribution >= 4 is 41.7 Å². The molecule has 0 spiro atoms. The first-order valence-electron chi connectivity index (χ1n) is 5.87. The van der Waals surface area contributed by atoms with Crippen LogP contribution in [-0.2, 0) is 0 Å². The molecular formula is C13H5ClF8MgOSi. The largest absolute Gasteiger partial charge is 2.00 e. The van der Waals surface area contributed by atoms with Gasteiger partial charge in [-0.05, 0) is 22.5 Å². The Kier molecular flexibility index (Phi) is 7.91. The Labute approximate surface area is 159 Å². The van der Waals surface area contributed by atoms with Crippen LogP contribution in [0.1, 0.15) is 0 Å². The van der Waals surface area contributed by atoms with Gasteiger partial charge in [-0.2, -0.15) is 0 Å². The van der Waals surface area contributed by atoms with E-state index in [0.717, 1.165) is 0 Å². The molecule has 0 unspecified atom stereocenters. The van der Waals surface area contributed by atoms with Gasteiger partial charge in [0.25, 0.3) is 0 Å². The fourth-order valence-electron chi connectivity index (χ4n) is 1.99. The molecule has 1 nitrogen and oxygen atoms in total. The van der Waals surface area contributed by atoms with Crippen molar-refractivity contribution < 1.29 is 52.3 Å². The first kappa shape index (κ1) is 24.1. The number of hydrogen-bond donors (Lipinski definition) is 0. The molecule has 2 aromatic rings. The fraction of sp³-hybridized carbons (Fsp3) is 0.0769. The van der Waals surface area contributed by atoms with E-state index < -0.39 is 65.2 Å². The van der Waals surface area contributed by atoms with E-state index in [4.69, 9.17) is 0 Å². The Morgan fingerprint density at radius 1 is 0.640 bits per heavy atom. The van der Waals surface area contributed by atoms with Crippen molar-refractivity contribution in [3.05, 3.63) is 58.7 Å². The Morgan fingerprint density at radius 2 is 0.920 bits per heavy atom. The van der Waals surface area contributed by atoms with Crippen LogP contribution in [0.15, 0.2) is 12.1 Å². The SMILES string of the molecule is C[Si]([O-])(c1cc(F)c(F)c(F)c1F)c1cc(F)c(F)c(F)c1F.[Cl-].[Mg+2]. The Morgan fingerprint density at radius 3 is 1.20 bits per heavy atom. The molecule has 0 amide bonds. The summed E-state index contributed by atoms with van der Waals surface area (Å²) in [6.45, 7) is 0.567. The summed E-state index contributed by atoms with van der Waals surface area (Å²) in [6, 6.07) is -0.0167. The van der Waals surface area contributed by atoms with Gasteiger partial charge in [0.1, 0.15) is 0 Å². The van der Waals surface area contributed by atoms with Gasteiger partial charge >= 0.3 is 23.1 Å². The molecule has 2 rings (SSSR count). The van der Waals surface area contributed by atoms with Crippen molar-refractivity contribution in [2.75, 3.05) is 0 Å². The maximum absolute atomic E-state index is 13.7. The van der Waals surface area contributed by atoms with Crippen molar-refractivity contribution in [3.8, 4) is 0 Å². The van der Waals surface area contributed by atoms with Crippen LogP contribution >= 0.6 is 0 Å². The Bertz CT molecular complexity index is 752. The third kappa shape index (κ3) is 3.94. The zero-order valence-corrected chi connectivity index (χ0v) is 15.3. The second kappa shape index (κ2) is 8.21. The summed E-state index contributed by atoms with van der Waals surface area (Å²) < 4.78 is 106. The van der Waals surface area contributed by atoms with Crippen molar-refractivity contribution in [2.45, 2.75) is 6.55 Å². The van der Waals surface area contributed by atoms with Crippen LogP contribution in [-0.4, -0.2) is 31.4 Å². The van der Waals surface area contributed by atoms with Crippen molar-refractivity contribution in [2.24, 2.45) is 0 Å². The van der Waals surface area contributed by atoms with Gasteiger partial charge in [0.05, 0.1) is 0 Å². The van der Waals surface area contributed by atoms with E-state index in [9.17, 15) is 39.9 Å². The van der Waals surface area contributed by atoms with Crippen LogP contribution in [0.3, 0.4) is 0 Å². The van der Waals surface area contributed by atoms with Crippen LogP contribution < -0.4 is 27.6 Å². The Hall–Kier alpha value is -0.887. The van der Waals surface area contributed by atoms with Crippen LogP contribution in [0, 0.1) is 46.5 Å². The van der Waals surface area contributed by atoms with E-state index in [1.807, 2.05) is 0 Å². The van der Waals surface area contributed by atoms with E-state index in [2.05, 4.69) is 0 Å². The third-order valence-corrected chi connectivity index (χ3v) is 6.02. The van der Waals surface area contributed by atoms with E-state index in [-0.39, 0.29) is 47.6 Å². The molecule has 0 aliphatic rings. The average molecular weight is 417 g/mol. The molecule has 0 aliphatic carbocycles. The topological polar surface area (TPSA) is 23.1 Å². The first-order chi connectivity index (χ1) is 10.5. The third-order valence-electron chi connectivity index (χ3n) is 3.23. The van der Waals surface area contributed by atoms with Crippen molar-refractivity contribution in [3.63, 3.8) is 0 Å². The van der Waals surface area contributed by atoms with Crippen LogP contribution in [0.25, 0.3) is 0 Å². The maximum atomic E-state index is 13.7. The Balaban J connectivity index is 0.00000288. The van der Waals surface area contributed by atoms with E-state index in [1.165, 1.54) is 0 Å². The van der Waals surface area contributed by atoms with Gasteiger partial charge in [-0.25, -0.2) is 35.1 Å². The summed E-state index contributed by atoms with van der Waals surface area (Å²) in [6.07, 6.45) is 0. The molecule has 0 fully saturated rings. The first-order valence-corrected chi connectivity index (χ1v) is 8.28. The molecule has 0 aliphatic heterocycles. The molecule has 0 heterocycles. The zero-order valence-electron chi connectivity index (χ0n) is 12.2. The molecular weight excluding hydrogens is 412 g/mol. The number of halogens is 9. The van der Waals surface area contributed by atoms with E-state index in [0.29, 0.717) is 6.55 Å². The normalized spacial score (nSPS) is 11.0. The molecule has 0 N–H and O–H groups in total. The number of hydrogen-bond acceptors (Lipinski definition) is 1. The number of benzene rings is 2. The second-order valence-electron chi connectivity index (χ2n) is 4.73. The minimum atomic E-state index is -5.01. The molecule has 0 saturated carbocycles. The fourth-order valence-corrected chi connectivity index (χ4v) is 4.14. The van der Waals surface area contributed by atoms with Crippen LogP contribution in [0.5, 0.6) is 0 Å². The molecule has 0 atom stereocenters. The standard InChI is InChI=1S/C13H5F8OSi.ClH.Mg/c1-23(22,6-2-4(14)8(16)12(20)10(6)18)7-3-5(15)9(17)13(21)11(7)19;;/h2-3H,1H3;1H;/q-1;;+2/p-1. The summed E-state index contributed by atoms with van der Waals surface area (Å²) in [5.41, 5.74) is 0. The minimum absolute atomic E-state index is 0. The summed E-state index contributed by atoms with van der Waals surface area (Å²) >= 11 is 0. The monoisotopic (exact) mass is 416 g/mol. The number of rotatable bonds is 2. The van der Waals surface area contributed by atoms with E-state index >= 15 is 0 Å². The van der Waals surface area contributed by atoms with Crippen LogP contribution in [0.4, 0.5) is 35.1 Å². The zero-order chi connectivity index (χ0) is 17.7. The van der Waals surface area contributed by atoms with Gasteiger partial charge < -0.3 is 17.2 Å². The van der Waals surface area contributed by atoms with E-state index in [1.54, 1.807) is 0 Å². The molecule has 0 bridgehead atoms. The molecule has 132 valence electrons. The average Bonchev–Trinajstić information content (AvgIpc) is 2.49. The predicted octanol–water partition coefficient (Wildman–Crippen LogP) is -1.53. The minimum Gasteiger partial charge on any atom is -1.00 e. The summed E-state index contributed by atoms with van der Waals surface area (Å²) in [5, 5.41) is -2.61. The van der Waals surface area contributed by atoms with Gasteiger partial charge in [0.15, 0.2) is 46.5 Å². The molecule has 0 radical (unpaired) electrons. The molecule has 2 aromatic carbocycles. The van der Waals surface area contributed by atoms with Crippen molar-refractivity contribution in [1.29, 1.82) is 0 Å². The van der Waals surface area contributed by atoms with Gasteiger partial charge in [-0.3, -0.25) is 0 Å². The molecule has 0 saturated heterocycles.